The topological polar surface area (TPSA) is 54.5 Å². The number of benzene rings is 2. The molecule has 3 rings (SSSR count). The Morgan fingerprint density at radius 1 is 1.20 bits per heavy atom. The summed E-state index contributed by atoms with van der Waals surface area (Å²) >= 11 is 6.05. The zero-order chi connectivity index (χ0) is 18.0. The number of sulfone groups is 1. The van der Waals surface area contributed by atoms with Crippen molar-refractivity contribution in [3.05, 3.63) is 70.2 Å². The standard InChI is InChI=1S/C19H20ClNO3S/c1-14-5-7-16(8-6-14)19(22)21(18-9-10-25(23,24)13-18)12-15-3-2-4-17(20)11-15/h2-8,11,18H,9-10,12-13H2,1H3/t18-/m1/s1. The van der Waals surface area contributed by atoms with Gasteiger partial charge in [0.2, 0.25) is 0 Å². The third kappa shape index (κ3) is 4.41. The van der Waals surface area contributed by atoms with E-state index in [9.17, 15) is 13.2 Å². The van der Waals surface area contributed by atoms with Gasteiger partial charge in [0.05, 0.1) is 11.5 Å². The summed E-state index contributed by atoms with van der Waals surface area (Å²) in [4.78, 5) is 14.7. The molecule has 132 valence electrons. The molecular weight excluding hydrogens is 358 g/mol. The van der Waals surface area contributed by atoms with Gasteiger partial charge in [-0.15, -0.1) is 0 Å². The Balaban J connectivity index is 1.91. The monoisotopic (exact) mass is 377 g/mol. The first-order valence-electron chi connectivity index (χ1n) is 8.16. The average Bonchev–Trinajstić information content (AvgIpc) is 2.92. The summed E-state index contributed by atoms with van der Waals surface area (Å²) < 4.78 is 23.8. The lowest BCUT2D eigenvalue weighted by Gasteiger charge is -2.28. The molecule has 4 nitrogen and oxygen atoms in total. The fourth-order valence-electron chi connectivity index (χ4n) is 3.08. The average molecular weight is 378 g/mol. The van der Waals surface area contributed by atoms with Crippen molar-refractivity contribution in [2.75, 3.05) is 11.5 Å². The molecule has 2 aromatic carbocycles. The number of halogens is 1. The zero-order valence-corrected chi connectivity index (χ0v) is 15.6. The highest BCUT2D eigenvalue weighted by Gasteiger charge is 2.35. The van der Waals surface area contributed by atoms with Crippen LogP contribution in [0.15, 0.2) is 48.5 Å². The first kappa shape index (κ1) is 18.0. The summed E-state index contributed by atoms with van der Waals surface area (Å²) in [7, 11) is -3.08. The third-order valence-corrected chi connectivity index (χ3v) is 6.44. The van der Waals surface area contributed by atoms with Crippen molar-refractivity contribution in [2.24, 2.45) is 0 Å². The van der Waals surface area contributed by atoms with E-state index in [4.69, 9.17) is 11.6 Å². The van der Waals surface area contributed by atoms with Crippen LogP contribution in [0.1, 0.15) is 27.9 Å². The molecule has 2 aromatic rings. The highest BCUT2D eigenvalue weighted by atomic mass is 35.5. The summed E-state index contributed by atoms with van der Waals surface area (Å²) in [5, 5.41) is 0.597. The Kier molecular flexibility index (Phi) is 5.16. The maximum absolute atomic E-state index is 13.0. The van der Waals surface area contributed by atoms with Crippen molar-refractivity contribution in [1.29, 1.82) is 0 Å². The minimum absolute atomic E-state index is 0.0190. The lowest BCUT2D eigenvalue weighted by molar-refractivity contribution is 0.0681. The lowest BCUT2D eigenvalue weighted by atomic mass is 10.1. The van der Waals surface area contributed by atoms with Crippen molar-refractivity contribution < 1.29 is 13.2 Å². The van der Waals surface area contributed by atoms with E-state index in [1.54, 1.807) is 29.2 Å². The van der Waals surface area contributed by atoms with Gasteiger partial charge in [-0.3, -0.25) is 4.79 Å². The predicted octanol–water partition coefficient (Wildman–Crippen LogP) is 3.48. The van der Waals surface area contributed by atoms with Gasteiger partial charge in [0, 0.05) is 23.2 Å². The highest BCUT2D eigenvalue weighted by molar-refractivity contribution is 7.91. The Morgan fingerprint density at radius 3 is 2.52 bits per heavy atom. The number of hydrogen-bond acceptors (Lipinski definition) is 3. The van der Waals surface area contributed by atoms with Crippen LogP contribution in [-0.2, 0) is 16.4 Å². The largest absolute Gasteiger partial charge is 0.330 e. The van der Waals surface area contributed by atoms with Gasteiger partial charge in [0.15, 0.2) is 9.84 Å². The molecule has 1 heterocycles. The molecule has 0 radical (unpaired) electrons. The van der Waals surface area contributed by atoms with Crippen LogP contribution in [0.3, 0.4) is 0 Å². The van der Waals surface area contributed by atoms with Gasteiger partial charge >= 0.3 is 0 Å². The predicted molar refractivity (Wildman–Crippen MR) is 99.6 cm³/mol. The van der Waals surface area contributed by atoms with Crippen molar-refractivity contribution in [3.8, 4) is 0 Å². The van der Waals surface area contributed by atoms with Crippen molar-refractivity contribution in [2.45, 2.75) is 25.9 Å². The van der Waals surface area contributed by atoms with E-state index >= 15 is 0 Å². The van der Waals surface area contributed by atoms with Gasteiger partial charge in [-0.25, -0.2) is 8.42 Å². The molecule has 0 saturated carbocycles. The van der Waals surface area contributed by atoms with E-state index in [1.165, 1.54) is 0 Å². The van der Waals surface area contributed by atoms with Crippen LogP contribution >= 0.6 is 11.6 Å². The van der Waals surface area contributed by atoms with Gasteiger partial charge in [-0.2, -0.15) is 0 Å². The van der Waals surface area contributed by atoms with Gasteiger partial charge in [-0.1, -0.05) is 41.4 Å². The van der Waals surface area contributed by atoms with Crippen LogP contribution in [0.2, 0.25) is 5.02 Å². The van der Waals surface area contributed by atoms with Crippen molar-refractivity contribution in [1.82, 2.24) is 4.90 Å². The molecule has 1 aliphatic heterocycles. The molecule has 1 saturated heterocycles. The van der Waals surface area contributed by atoms with Gasteiger partial charge < -0.3 is 4.90 Å². The Hall–Kier alpha value is -1.85. The van der Waals surface area contributed by atoms with Crippen LogP contribution in [0.4, 0.5) is 0 Å². The minimum atomic E-state index is -3.08. The van der Waals surface area contributed by atoms with Crippen LogP contribution in [0, 0.1) is 6.92 Å². The van der Waals surface area contributed by atoms with E-state index in [1.807, 2.05) is 31.2 Å². The number of carbonyl (C=O) groups excluding carboxylic acids is 1. The molecule has 6 heteroatoms. The van der Waals surface area contributed by atoms with E-state index in [-0.39, 0.29) is 23.5 Å². The molecular formula is C19H20ClNO3S. The smallest absolute Gasteiger partial charge is 0.254 e. The molecule has 0 aliphatic carbocycles. The highest BCUT2D eigenvalue weighted by Crippen LogP contribution is 2.23. The van der Waals surface area contributed by atoms with Crippen molar-refractivity contribution >= 4 is 27.3 Å². The molecule has 1 atom stereocenters. The first-order valence-corrected chi connectivity index (χ1v) is 10.4. The molecule has 0 spiro atoms. The second-order valence-electron chi connectivity index (χ2n) is 6.49. The van der Waals surface area contributed by atoms with Crippen molar-refractivity contribution in [3.63, 3.8) is 0 Å². The van der Waals surface area contributed by atoms with Gasteiger partial charge in [0.1, 0.15) is 0 Å². The number of rotatable bonds is 4. The molecule has 0 unspecified atom stereocenters. The Morgan fingerprint density at radius 2 is 1.92 bits per heavy atom. The van der Waals surface area contributed by atoms with Gasteiger partial charge in [-0.05, 0) is 43.2 Å². The second-order valence-corrected chi connectivity index (χ2v) is 9.15. The summed E-state index contributed by atoms with van der Waals surface area (Å²) in [5.41, 5.74) is 2.52. The fourth-order valence-corrected chi connectivity index (χ4v) is 5.03. The van der Waals surface area contributed by atoms with E-state index in [2.05, 4.69) is 0 Å². The Labute approximate surface area is 153 Å². The quantitative estimate of drug-likeness (QED) is 0.819. The zero-order valence-electron chi connectivity index (χ0n) is 14.0. The molecule has 0 N–H and O–H groups in total. The maximum Gasteiger partial charge on any atom is 0.254 e. The van der Waals surface area contributed by atoms with E-state index < -0.39 is 9.84 Å². The molecule has 1 amide bonds. The normalized spacial score (nSPS) is 18.9. The van der Waals surface area contributed by atoms with E-state index in [0.717, 1.165) is 11.1 Å². The molecule has 0 bridgehead atoms. The maximum atomic E-state index is 13.0. The third-order valence-electron chi connectivity index (χ3n) is 4.45. The van der Waals surface area contributed by atoms with Gasteiger partial charge in [0.25, 0.3) is 5.91 Å². The summed E-state index contributed by atoms with van der Waals surface area (Å²) in [6.07, 6.45) is 0.473. The van der Waals surface area contributed by atoms with E-state index in [0.29, 0.717) is 23.6 Å². The van der Waals surface area contributed by atoms with Crippen LogP contribution in [0.5, 0.6) is 0 Å². The molecule has 0 aromatic heterocycles. The first-order chi connectivity index (χ1) is 11.8. The number of amides is 1. The fraction of sp³-hybridized carbons (Fsp3) is 0.316. The molecule has 1 fully saturated rings. The van der Waals surface area contributed by atoms with Crippen LogP contribution < -0.4 is 0 Å². The number of aryl methyl sites for hydroxylation is 1. The molecule has 1 aliphatic rings. The molecule has 25 heavy (non-hydrogen) atoms. The summed E-state index contributed by atoms with van der Waals surface area (Å²) in [6.45, 7) is 2.30. The second kappa shape index (κ2) is 7.18. The number of carbonyl (C=O) groups is 1. The number of nitrogens with zero attached hydrogens (tertiary/aromatic N) is 1. The summed E-state index contributed by atoms with van der Waals surface area (Å²) in [5.74, 6) is -0.00199. The summed E-state index contributed by atoms with van der Waals surface area (Å²) in [6, 6.07) is 14.3. The minimum Gasteiger partial charge on any atom is -0.330 e. The van der Waals surface area contributed by atoms with Crippen LogP contribution in [0.25, 0.3) is 0 Å². The number of hydrogen-bond donors (Lipinski definition) is 0. The van der Waals surface area contributed by atoms with Crippen LogP contribution in [-0.4, -0.2) is 36.8 Å². The Bertz CT molecular complexity index is 878. The SMILES string of the molecule is Cc1ccc(C(=O)N(Cc2cccc(Cl)c2)[C@@H]2CCS(=O)(=O)C2)cc1. The lowest BCUT2D eigenvalue weighted by Crippen LogP contribution is -2.40.